The average Bonchev–Trinajstić information content (AvgIpc) is 2.49. The van der Waals surface area contributed by atoms with Crippen molar-refractivity contribution in [1.82, 2.24) is 5.32 Å². The quantitative estimate of drug-likeness (QED) is 0.867. The van der Waals surface area contributed by atoms with Crippen molar-refractivity contribution in [2.45, 2.75) is 45.1 Å². The minimum absolute atomic E-state index is 0.0691. The van der Waals surface area contributed by atoms with Crippen molar-refractivity contribution >= 4 is 5.91 Å². The summed E-state index contributed by atoms with van der Waals surface area (Å²) in [6.07, 6.45) is 6.37. The summed E-state index contributed by atoms with van der Waals surface area (Å²) in [6, 6.07) is 8.98. The maximum atomic E-state index is 12.0. The zero-order chi connectivity index (χ0) is 14.4. The largest absolute Gasteiger partial charge is 0.354 e. The van der Waals surface area contributed by atoms with Gasteiger partial charge in [-0.2, -0.15) is 0 Å². The molecule has 1 aliphatic rings. The van der Waals surface area contributed by atoms with E-state index in [-0.39, 0.29) is 5.91 Å². The molecule has 0 spiro atoms. The highest BCUT2D eigenvalue weighted by Gasteiger charge is 2.19. The van der Waals surface area contributed by atoms with Crippen LogP contribution >= 0.6 is 0 Å². The Morgan fingerprint density at radius 3 is 2.55 bits per heavy atom. The van der Waals surface area contributed by atoms with E-state index in [1.54, 1.807) is 0 Å². The monoisotopic (exact) mass is 274 g/mol. The van der Waals surface area contributed by atoms with Gasteiger partial charge >= 0.3 is 0 Å². The van der Waals surface area contributed by atoms with Gasteiger partial charge in [0.1, 0.15) is 6.04 Å². The summed E-state index contributed by atoms with van der Waals surface area (Å²) < 4.78 is 0. The van der Waals surface area contributed by atoms with E-state index in [9.17, 15) is 4.79 Å². The molecule has 1 fully saturated rings. The molecule has 20 heavy (non-hydrogen) atoms. The molecular weight excluding hydrogens is 248 g/mol. The fourth-order valence-corrected chi connectivity index (χ4v) is 2.94. The Morgan fingerprint density at radius 1 is 1.25 bits per heavy atom. The molecular formula is C17H26N2O. The van der Waals surface area contributed by atoms with Crippen LogP contribution in [0.1, 0.15) is 50.6 Å². The lowest BCUT2D eigenvalue weighted by atomic mass is 9.81. The topological polar surface area (TPSA) is 55.1 Å². The molecule has 1 aromatic rings. The Labute approximate surface area is 121 Å². The molecule has 3 N–H and O–H groups in total. The van der Waals surface area contributed by atoms with Gasteiger partial charge in [-0.05, 0) is 23.8 Å². The third-order valence-electron chi connectivity index (χ3n) is 4.43. The van der Waals surface area contributed by atoms with Crippen LogP contribution in [0.5, 0.6) is 0 Å². The number of rotatable bonds is 5. The third-order valence-corrected chi connectivity index (χ3v) is 4.43. The fourth-order valence-electron chi connectivity index (χ4n) is 2.94. The standard InChI is InChI=1S/C17H26N2O/c1-13-7-9-14(10-8-13)11-12-19-17(20)16(18)15-5-3-2-4-6-15/h2-6,13-14,16H,7-12,18H2,1H3,(H,19,20)/t13?,14?,16-/m1/s1. The van der Waals surface area contributed by atoms with Crippen molar-refractivity contribution in [3.63, 3.8) is 0 Å². The molecule has 3 nitrogen and oxygen atoms in total. The fraction of sp³-hybridized carbons (Fsp3) is 0.588. The van der Waals surface area contributed by atoms with Crippen LogP contribution in [-0.4, -0.2) is 12.5 Å². The highest BCUT2D eigenvalue weighted by atomic mass is 16.2. The highest BCUT2D eigenvalue weighted by Crippen LogP contribution is 2.29. The number of carbonyl (C=O) groups is 1. The van der Waals surface area contributed by atoms with Crippen molar-refractivity contribution < 1.29 is 4.79 Å². The predicted molar refractivity (Wildman–Crippen MR) is 82.1 cm³/mol. The normalized spacial score (nSPS) is 24.1. The third kappa shape index (κ3) is 4.34. The molecule has 0 radical (unpaired) electrons. The number of amides is 1. The van der Waals surface area contributed by atoms with Crippen molar-refractivity contribution in [2.75, 3.05) is 6.54 Å². The molecule has 1 atom stereocenters. The first-order valence-electron chi connectivity index (χ1n) is 7.75. The smallest absolute Gasteiger partial charge is 0.241 e. The van der Waals surface area contributed by atoms with Gasteiger partial charge in [0.15, 0.2) is 0 Å². The average molecular weight is 274 g/mol. The molecule has 1 amide bonds. The van der Waals surface area contributed by atoms with Crippen LogP contribution in [0.3, 0.4) is 0 Å². The molecule has 1 saturated carbocycles. The van der Waals surface area contributed by atoms with Crippen LogP contribution in [0.15, 0.2) is 30.3 Å². The number of benzene rings is 1. The lowest BCUT2D eigenvalue weighted by Gasteiger charge is -2.26. The van der Waals surface area contributed by atoms with Crippen molar-refractivity contribution in [2.24, 2.45) is 17.6 Å². The number of nitrogens with two attached hydrogens (primary N) is 1. The highest BCUT2D eigenvalue weighted by molar-refractivity contribution is 5.82. The molecule has 2 rings (SSSR count). The van der Waals surface area contributed by atoms with E-state index in [0.717, 1.165) is 30.4 Å². The maximum Gasteiger partial charge on any atom is 0.241 e. The Bertz CT molecular complexity index is 410. The van der Waals surface area contributed by atoms with Crippen LogP contribution < -0.4 is 11.1 Å². The minimum Gasteiger partial charge on any atom is -0.354 e. The van der Waals surface area contributed by atoms with Gasteiger partial charge < -0.3 is 11.1 Å². The number of hydrogen-bond donors (Lipinski definition) is 2. The Balaban J connectivity index is 1.70. The summed E-state index contributed by atoms with van der Waals surface area (Å²) in [4.78, 5) is 12.0. The van der Waals surface area contributed by atoms with Gasteiger partial charge in [0, 0.05) is 6.54 Å². The summed E-state index contributed by atoms with van der Waals surface area (Å²) in [5.41, 5.74) is 6.84. The van der Waals surface area contributed by atoms with Gasteiger partial charge in [-0.25, -0.2) is 0 Å². The second kappa shape index (κ2) is 7.44. The summed E-state index contributed by atoms with van der Waals surface area (Å²) in [6.45, 7) is 3.08. The SMILES string of the molecule is CC1CCC(CCNC(=O)[C@H](N)c2ccccc2)CC1. The van der Waals surface area contributed by atoms with E-state index < -0.39 is 6.04 Å². The summed E-state index contributed by atoms with van der Waals surface area (Å²) in [5.74, 6) is 1.59. The van der Waals surface area contributed by atoms with E-state index >= 15 is 0 Å². The van der Waals surface area contributed by atoms with Crippen LogP contribution in [0.4, 0.5) is 0 Å². The second-order valence-corrected chi connectivity index (χ2v) is 6.09. The number of nitrogens with one attached hydrogen (secondary N) is 1. The summed E-state index contributed by atoms with van der Waals surface area (Å²) >= 11 is 0. The van der Waals surface area contributed by atoms with Gasteiger partial charge in [0.25, 0.3) is 0 Å². The van der Waals surface area contributed by atoms with E-state index in [0.29, 0.717) is 0 Å². The van der Waals surface area contributed by atoms with Gasteiger partial charge in [0.2, 0.25) is 5.91 Å². The maximum absolute atomic E-state index is 12.0. The van der Waals surface area contributed by atoms with Crippen LogP contribution in [0.25, 0.3) is 0 Å². The van der Waals surface area contributed by atoms with Gasteiger partial charge in [-0.3, -0.25) is 4.79 Å². The molecule has 0 bridgehead atoms. The molecule has 0 unspecified atom stereocenters. The molecule has 0 aromatic heterocycles. The number of carbonyl (C=O) groups excluding carboxylic acids is 1. The lowest BCUT2D eigenvalue weighted by Crippen LogP contribution is -2.35. The van der Waals surface area contributed by atoms with Gasteiger partial charge in [-0.15, -0.1) is 0 Å². The Kier molecular flexibility index (Phi) is 5.60. The van der Waals surface area contributed by atoms with Crippen molar-refractivity contribution in [3.05, 3.63) is 35.9 Å². The van der Waals surface area contributed by atoms with Crippen LogP contribution in [0, 0.1) is 11.8 Å². The first-order valence-corrected chi connectivity index (χ1v) is 7.75. The minimum atomic E-state index is -0.553. The van der Waals surface area contributed by atoms with E-state index in [4.69, 9.17) is 5.73 Å². The number of hydrogen-bond acceptors (Lipinski definition) is 2. The molecule has 1 aliphatic carbocycles. The first kappa shape index (κ1) is 15.0. The summed E-state index contributed by atoms with van der Waals surface area (Å²) in [7, 11) is 0. The lowest BCUT2D eigenvalue weighted by molar-refractivity contribution is -0.122. The van der Waals surface area contributed by atoms with Crippen LogP contribution in [-0.2, 0) is 4.79 Å². The molecule has 110 valence electrons. The van der Waals surface area contributed by atoms with Crippen molar-refractivity contribution in [1.29, 1.82) is 0 Å². The van der Waals surface area contributed by atoms with E-state index in [2.05, 4.69) is 12.2 Å². The van der Waals surface area contributed by atoms with Crippen molar-refractivity contribution in [3.8, 4) is 0 Å². The first-order chi connectivity index (χ1) is 9.66. The van der Waals surface area contributed by atoms with Gasteiger partial charge in [0.05, 0.1) is 0 Å². The second-order valence-electron chi connectivity index (χ2n) is 6.09. The van der Waals surface area contributed by atoms with Crippen LogP contribution in [0.2, 0.25) is 0 Å². The Morgan fingerprint density at radius 2 is 1.90 bits per heavy atom. The molecule has 1 aromatic carbocycles. The van der Waals surface area contributed by atoms with Gasteiger partial charge in [-0.1, -0.05) is 62.9 Å². The molecule has 0 aliphatic heterocycles. The van der Waals surface area contributed by atoms with E-state index in [1.165, 1.54) is 25.7 Å². The molecule has 0 saturated heterocycles. The predicted octanol–water partition coefficient (Wildman–Crippen LogP) is 3.02. The zero-order valence-electron chi connectivity index (χ0n) is 12.3. The zero-order valence-corrected chi connectivity index (χ0v) is 12.3. The Hall–Kier alpha value is -1.35. The summed E-state index contributed by atoms with van der Waals surface area (Å²) in [5, 5.41) is 2.98. The molecule has 0 heterocycles. The van der Waals surface area contributed by atoms with E-state index in [1.807, 2.05) is 30.3 Å². The molecule has 3 heteroatoms.